The Labute approximate surface area is 150 Å². The van der Waals surface area contributed by atoms with Gasteiger partial charge in [-0.15, -0.1) is 11.8 Å². The third-order valence-electron chi connectivity index (χ3n) is 3.48. The molecule has 0 radical (unpaired) electrons. The number of nitrogens with zero attached hydrogens (tertiary/aromatic N) is 3. The van der Waals surface area contributed by atoms with E-state index in [9.17, 15) is 5.26 Å². The van der Waals surface area contributed by atoms with Crippen LogP contribution in [0.1, 0.15) is 11.1 Å². The molecule has 0 aliphatic carbocycles. The van der Waals surface area contributed by atoms with Gasteiger partial charge in [-0.2, -0.15) is 5.26 Å². The molecule has 3 rings (SSSR count). The van der Waals surface area contributed by atoms with E-state index in [1.54, 1.807) is 0 Å². The average molecular weight is 348 g/mol. The van der Waals surface area contributed by atoms with E-state index in [2.05, 4.69) is 21.4 Å². The van der Waals surface area contributed by atoms with Crippen LogP contribution in [-0.2, 0) is 6.61 Å². The Morgan fingerprint density at radius 3 is 2.52 bits per heavy atom. The first kappa shape index (κ1) is 16.8. The van der Waals surface area contributed by atoms with Crippen LogP contribution in [0.2, 0.25) is 0 Å². The Kier molecular flexibility index (Phi) is 5.50. The van der Waals surface area contributed by atoms with Gasteiger partial charge in [0, 0.05) is 5.69 Å². The molecule has 0 atom stereocenters. The number of hydrogen-bond acceptors (Lipinski definition) is 6. The normalized spacial score (nSPS) is 10.1. The van der Waals surface area contributed by atoms with Gasteiger partial charge in [0.25, 0.3) is 0 Å². The van der Waals surface area contributed by atoms with Crippen molar-refractivity contribution >= 4 is 23.3 Å². The van der Waals surface area contributed by atoms with Crippen LogP contribution in [-0.4, -0.2) is 16.2 Å². The van der Waals surface area contributed by atoms with Crippen molar-refractivity contribution in [1.29, 1.82) is 5.26 Å². The summed E-state index contributed by atoms with van der Waals surface area (Å²) >= 11 is 1.42. The predicted octanol–water partition coefficient (Wildman–Crippen LogP) is 4.39. The molecule has 6 heteroatoms. The fourth-order valence-corrected chi connectivity index (χ4v) is 2.73. The molecule has 0 aliphatic heterocycles. The summed E-state index contributed by atoms with van der Waals surface area (Å²) in [6, 6.07) is 19.7. The number of hydrogen-bond donors (Lipinski definition) is 1. The van der Waals surface area contributed by atoms with Crippen molar-refractivity contribution in [3.63, 3.8) is 0 Å². The minimum atomic E-state index is 0.444. The van der Waals surface area contributed by atoms with E-state index in [1.165, 1.54) is 18.1 Å². The molecule has 1 aromatic heterocycles. The van der Waals surface area contributed by atoms with Crippen molar-refractivity contribution in [1.82, 2.24) is 9.97 Å². The van der Waals surface area contributed by atoms with E-state index in [0.29, 0.717) is 23.0 Å². The molecule has 0 bridgehead atoms. The van der Waals surface area contributed by atoms with Crippen molar-refractivity contribution in [2.24, 2.45) is 0 Å². The largest absolute Gasteiger partial charge is 0.489 e. The fourth-order valence-electron chi connectivity index (χ4n) is 2.23. The Bertz CT molecular complexity index is 876. The van der Waals surface area contributed by atoms with Gasteiger partial charge >= 0.3 is 0 Å². The molecule has 5 nitrogen and oxygen atoms in total. The van der Waals surface area contributed by atoms with E-state index in [0.717, 1.165) is 17.0 Å². The van der Waals surface area contributed by atoms with E-state index >= 15 is 0 Å². The van der Waals surface area contributed by atoms with Gasteiger partial charge in [-0.25, -0.2) is 9.97 Å². The second-order valence-electron chi connectivity index (χ2n) is 5.14. The average Bonchev–Trinajstić information content (AvgIpc) is 2.68. The van der Waals surface area contributed by atoms with Crippen molar-refractivity contribution in [3.05, 3.63) is 72.1 Å². The summed E-state index contributed by atoms with van der Waals surface area (Å²) < 4.78 is 5.77. The van der Waals surface area contributed by atoms with Crippen LogP contribution in [0.15, 0.2) is 66.0 Å². The summed E-state index contributed by atoms with van der Waals surface area (Å²) in [5, 5.41) is 13.1. The minimum absolute atomic E-state index is 0.444. The molecule has 0 fully saturated rings. The number of aromatic nitrogens is 2. The summed E-state index contributed by atoms with van der Waals surface area (Å²) in [7, 11) is 0. The van der Waals surface area contributed by atoms with E-state index in [4.69, 9.17) is 4.74 Å². The lowest BCUT2D eigenvalue weighted by atomic mass is 10.2. The highest BCUT2D eigenvalue weighted by atomic mass is 32.2. The Morgan fingerprint density at radius 1 is 1.08 bits per heavy atom. The van der Waals surface area contributed by atoms with Gasteiger partial charge in [0.2, 0.25) is 0 Å². The zero-order chi connectivity index (χ0) is 17.5. The first-order chi connectivity index (χ1) is 12.3. The predicted molar refractivity (Wildman–Crippen MR) is 99.0 cm³/mol. The summed E-state index contributed by atoms with van der Waals surface area (Å²) in [6.45, 7) is 0.523. The van der Waals surface area contributed by atoms with Gasteiger partial charge in [-0.05, 0) is 36.1 Å². The molecule has 0 spiro atoms. The van der Waals surface area contributed by atoms with Crippen LogP contribution in [0.25, 0.3) is 0 Å². The summed E-state index contributed by atoms with van der Waals surface area (Å²) in [5.74, 6) is 1.28. The molecular weight excluding hydrogens is 332 g/mol. The topological polar surface area (TPSA) is 70.8 Å². The monoisotopic (exact) mass is 348 g/mol. The van der Waals surface area contributed by atoms with Crippen molar-refractivity contribution in [2.45, 2.75) is 11.6 Å². The van der Waals surface area contributed by atoms with Gasteiger partial charge in [-0.3, -0.25) is 0 Å². The van der Waals surface area contributed by atoms with Crippen LogP contribution >= 0.6 is 11.8 Å². The number of ether oxygens (including phenoxy) is 1. The number of thioether (sulfide) groups is 1. The number of anilines is 2. The summed E-state index contributed by atoms with van der Waals surface area (Å²) in [5.41, 5.74) is 2.39. The minimum Gasteiger partial charge on any atom is -0.489 e. The van der Waals surface area contributed by atoms with Gasteiger partial charge in [0.1, 0.15) is 35.3 Å². The second kappa shape index (κ2) is 8.18. The molecule has 0 saturated heterocycles. The first-order valence-corrected chi connectivity index (χ1v) is 8.85. The molecular formula is C19H16N4OS. The van der Waals surface area contributed by atoms with Crippen LogP contribution in [0.4, 0.5) is 11.5 Å². The number of benzene rings is 2. The maximum atomic E-state index is 9.33. The first-order valence-electron chi connectivity index (χ1n) is 7.63. The van der Waals surface area contributed by atoms with Crippen molar-refractivity contribution in [3.8, 4) is 11.8 Å². The third-order valence-corrected chi connectivity index (χ3v) is 4.18. The lowest BCUT2D eigenvalue weighted by Crippen LogP contribution is -2.00. The Balaban J connectivity index is 1.68. The van der Waals surface area contributed by atoms with E-state index < -0.39 is 0 Å². The Hall–Kier alpha value is -3.04. The number of nitrogens with one attached hydrogen (secondary N) is 1. The molecule has 25 heavy (non-hydrogen) atoms. The molecule has 1 heterocycles. The van der Waals surface area contributed by atoms with Gasteiger partial charge < -0.3 is 10.1 Å². The summed E-state index contributed by atoms with van der Waals surface area (Å²) in [4.78, 5) is 8.27. The molecule has 0 saturated carbocycles. The SMILES string of the molecule is CSc1ncnc(Nc2ccc(OCc3ccccc3)cc2)c1C#N. The van der Waals surface area contributed by atoms with Gasteiger partial charge in [-0.1, -0.05) is 30.3 Å². The van der Waals surface area contributed by atoms with Crippen LogP contribution in [0.5, 0.6) is 5.75 Å². The maximum absolute atomic E-state index is 9.33. The van der Waals surface area contributed by atoms with Crippen LogP contribution in [0, 0.1) is 11.3 Å². The lowest BCUT2D eigenvalue weighted by Gasteiger charge is -2.10. The molecule has 2 aromatic carbocycles. The van der Waals surface area contributed by atoms with Crippen LogP contribution in [0.3, 0.4) is 0 Å². The molecule has 1 N–H and O–H groups in total. The third kappa shape index (κ3) is 4.28. The standard InChI is InChI=1S/C19H16N4OS/c1-25-19-17(11-20)18(21-13-22-19)23-15-7-9-16(10-8-15)24-12-14-5-3-2-4-6-14/h2-10,13H,12H2,1H3,(H,21,22,23). The molecule has 0 amide bonds. The van der Waals surface area contributed by atoms with Crippen LogP contribution < -0.4 is 10.1 Å². The quantitative estimate of drug-likeness (QED) is 0.526. The lowest BCUT2D eigenvalue weighted by molar-refractivity contribution is 0.306. The van der Waals surface area contributed by atoms with E-state index in [-0.39, 0.29) is 0 Å². The van der Waals surface area contributed by atoms with Gasteiger partial charge in [0.15, 0.2) is 5.82 Å². The van der Waals surface area contributed by atoms with E-state index in [1.807, 2.05) is 60.9 Å². The van der Waals surface area contributed by atoms with Gasteiger partial charge in [0.05, 0.1) is 0 Å². The molecule has 3 aromatic rings. The smallest absolute Gasteiger partial charge is 0.152 e. The second-order valence-corrected chi connectivity index (χ2v) is 5.94. The zero-order valence-electron chi connectivity index (χ0n) is 13.6. The number of nitriles is 1. The highest BCUT2D eigenvalue weighted by molar-refractivity contribution is 7.98. The molecule has 0 aliphatic rings. The fraction of sp³-hybridized carbons (Fsp3) is 0.105. The number of rotatable bonds is 6. The zero-order valence-corrected chi connectivity index (χ0v) is 14.5. The molecule has 124 valence electrons. The summed E-state index contributed by atoms with van der Waals surface area (Å²) in [6.07, 6.45) is 3.33. The highest BCUT2D eigenvalue weighted by Gasteiger charge is 2.10. The van der Waals surface area contributed by atoms with Crippen molar-refractivity contribution in [2.75, 3.05) is 11.6 Å². The maximum Gasteiger partial charge on any atom is 0.152 e. The van der Waals surface area contributed by atoms with Crippen molar-refractivity contribution < 1.29 is 4.74 Å². The molecule has 0 unspecified atom stereocenters. The Morgan fingerprint density at radius 2 is 1.84 bits per heavy atom. The highest BCUT2D eigenvalue weighted by Crippen LogP contribution is 2.25.